The van der Waals surface area contributed by atoms with Crippen molar-refractivity contribution >= 4 is 58.1 Å². The van der Waals surface area contributed by atoms with Gasteiger partial charge in [0.1, 0.15) is 28.9 Å². The number of carboxylic acids is 1. The van der Waals surface area contributed by atoms with Gasteiger partial charge in [-0.1, -0.05) is 11.6 Å². The fourth-order valence-electron chi connectivity index (χ4n) is 3.75. The fourth-order valence-corrected chi connectivity index (χ4v) is 5.60. The molecule has 0 spiro atoms. The van der Waals surface area contributed by atoms with Crippen molar-refractivity contribution in [3.63, 3.8) is 0 Å². The topological polar surface area (TPSA) is 150 Å². The molecule has 1 aliphatic carbocycles. The summed E-state index contributed by atoms with van der Waals surface area (Å²) in [6.45, 7) is 0. The second-order valence-electron chi connectivity index (χ2n) is 7.38. The van der Waals surface area contributed by atoms with Crippen molar-refractivity contribution in [3.05, 3.63) is 22.8 Å². The van der Waals surface area contributed by atoms with Gasteiger partial charge in [0.25, 0.3) is 11.8 Å². The maximum Gasteiger partial charge on any atom is 0.352 e. The van der Waals surface area contributed by atoms with Crippen molar-refractivity contribution in [2.24, 2.45) is 5.16 Å². The third kappa shape index (κ3) is 4.48. The van der Waals surface area contributed by atoms with Gasteiger partial charge in [-0.2, -0.15) is 0 Å². The lowest BCUT2D eigenvalue weighted by molar-refractivity contribution is -0.150. The van der Waals surface area contributed by atoms with Crippen LogP contribution < -0.4 is 10.6 Å². The highest BCUT2D eigenvalue weighted by Crippen LogP contribution is 2.37. The van der Waals surface area contributed by atoms with Crippen LogP contribution in [-0.2, 0) is 24.0 Å². The Kier molecular flexibility index (Phi) is 6.74. The smallest absolute Gasteiger partial charge is 0.352 e. The van der Waals surface area contributed by atoms with E-state index in [0.29, 0.717) is 12.2 Å². The molecule has 13 heteroatoms. The molecule has 0 radical (unpaired) electrons. The molecular weight excluding hydrogens is 458 g/mol. The average molecular weight is 480 g/mol. The Morgan fingerprint density at radius 3 is 2.81 bits per heavy atom. The van der Waals surface area contributed by atoms with Crippen LogP contribution >= 0.6 is 23.1 Å². The molecule has 170 valence electrons. The van der Waals surface area contributed by atoms with Gasteiger partial charge in [-0.3, -0.25) is 19.3 Å². The van der Waals surface area contributed by atoms with E-state index in [2.05, 4.69) is 20.8 Å². The van der Waals surface area contributed by atoms with Gasteiger partial charge >= 0.3 is 5.97 Å². The third-order valence-electron chi connectivity index (χ3n) is 5.34. The standard InChI is InChI=1S/C19H21N5O6S2/c25-9-20-19-21-11(8-32-19)13(23-30-10-4-2-1-3-5-10)15(26)22-14-16(27)24-12(18(28)29)6-7-31-17(14)24/h6,8-10,14,17H,1-5,7H2,(H,22,26)(H,28,29)(H,20,21,25)/t14?,17-/m1/s1. The van der Waals surface area contributed by atoms with Crippen LogP contribution in [-0.4, -0.2) is 68.2 Å². The Labute approximate surface area is 191 Å². The summed E-state index contributed by atoms with van der Waals surface area (Å²) in [4.78, 5) is 58.7. The maximum atomic E-state index is 13.1. The first-order valence-electron chi connectivity index (χ1n) is 10.1. The number of hydrogen-bond donors (Lipinski definition) is 3. The summed E-state index contributed by atoms with van der Waals surface area (Å²) in [7, 11) is 0. The van der Waals surface area contributed by atoms with E-state index in [-0.39, 0.29) is 28.3 Å². The molecule has 1 saturated heterocycles. The summed E-state index contributed by atoms with van der Waals surface area (Å²) < 4.78 is 0. The van der Waals surface area contributed by atoms with Crippen molar-refractivity contribution < 1.29 is 29.1 Å². The van der Waals surface area contributed by atoms with Crippen molar-refractivity contribution in [3.8, 4) is 0 Å². The quantitative estimate of drug-likeness (QED) is 0.217. The first-order chi connectivity index (χ1) is 15.5. The first-order valence-corrected chi connectivity index (χ1v) is 12.0. The molecule has 32 heavy (non-hydrogen) atoms. The monoisotopic (exact) mass is 479 g/mol. The first kappa shape index (κ1) is 22.3. The molecule has 2 aliphatic heterocycles. The van der Waals surface area contributed by atoms with Crippen molar-refractivity contribution in [1.29, 1.82) is 0 Å². The van der Waals surface area contributed by atoms with E-state index in [1.54, 1.807) is 5.38 Å². The number of carbonyl (C=O) groups excluding carboxylic acids is 3. The van der Waals surface area contributed by atoms with E-state index in [0.717, 1.165) is 43.4 Å². The molecule has 0 bridgehead atoms. The Morgan fingerprint density at radius 1 is 1.31 bits per heavy atom. The fraction of sp³-hybridized carbons (Fsp3) is 0.474. The number of carboxylic acid groups (broad SMARTS) is 1. The second-order valence-corrected chi connectivity index (χ2v) is 9.39. The van der Waals surface area contributed by atoms with Gasteiger partial charge in [0.05, 0.1) is 0 Å². The second kappa shape index (κ2) is 9.69. The molecule has 3 N–H and O–H groups in total. The van der Waals surface area contributed by atoms with E-state index in [4.69, 9.17) is 4.84 Å². The number of carbonyl (C=O) groups is 4. The van der Waals surface area contributed by atoms with Crippen LogP contribution in [0.3, 0.4) is 0 Å². The van der Waals surface area contributed by atoms with Crippen LogP contribution in [0.2, 0.25) is 0 Å². The van der Waals surface area contributed by atoms with E-state index < -0.39 is 29.2 Å². The highest BCUT2D eigenvalue weighted by atomic mass is 32.2. The van der Waals surface area contributed by atoms with Crippen molar-refractivity contribution in [2.75, 3.05) is 11.1 Å². The molecule has 4 rings (SSSR count). The van der Waals surface area contributed by atoms with Crippen LogP contribution in [0, 0.1) is 0 Å². The Balaban J connectivity index is 1.51. The normalized spacial score (nSPS) is 23.5. The number of fused-ring (bicyclic) bond motifs is 1. The number of aromatic nitrogens is 1. The summed E-state index contributed by atoms with van der Waals surface area (Å²) in [5, 5.41) is 19.8. The lowest BCUT2D eigenvalue weighted by Crippen LogP contribution is -2.70. The molecule has 1 aromatic heterocycles. The number of nitrogens with zero attached hydrogens (tertiary/aromatic N) is 3. The molecule has 3 amide bonds. The van der Waals surface area contributed by atoms with E-state index in [9.17, 15) is 24.3 Å². The lowest BCUT2D eigenvalue weighted by atomic mass is 9.98. The molecule has 1 saturated carbocycles. The SMILES string of the molecule is O=CNc1nc(C(=NOC2CCCCC2)C(=O)NC2C(=O)N3C(C(=O)O)=CCS[C@H]23)cs1. The average Bonchev–Trinajstić information content (AvgIpc) is 3.26. The van der Waals surface area contributed by atoms with E-state index in [1.807, 2.05) is 0 Å². The van der Waals surface area contributed by atoms with Gasteiger partial charge in [-0.15, -0.1) is 23.1 Å². The zero-order valence-electron chi connectivity index (χ0n) is 16.9. The zero-order chi connectivity index (χ0) is 22.7. The number of nitrogens with one attached hydrogen (secondary N) is 2. The Hall–Kier alpha value is -2.93. The van der Waals surface area contributed by atoms with Gasteiger partial charge in [0.2, 0.25) is 6.41 Å². The van der Waals surface area contributed by atoms with Crippen molar-refractivity contribution in [2.45, 2.75) is 49.6 Å². The number of thiazole rings is 1. The highest BCUT2D eigenvalue weighted by molar-refractivity contribution is 8.00. The molecule has 3 aliphatic rings. The molecule has 2 atom stereocenters. The maximum absolute atomic E-state index is 13.1. The van der Waals surface area contributed by atoms with Gasteiger partial charge in [-0.05, 0) is 31.8 Å². The van der Waals surface area contributed by atoms with Crippen LogP contribution in [0.4, 0.5) is 5.13 Å². The predicted octanol–water partition coefficient (Wildman–Crippen LogP) is 1.13. The highest BCUT2D eigenvalue weighted by Gasteiger charge is 2.53. The Morgan fingerprint density at radius 2 is 2.09 bits per heavy atom. The molecule has 3 heterocycles. The molecule has 1 unspecified atom stereocenters. The predicted molar refractivity (Wildman–Crippen MR) is 117 cm³/mol. The molecule has 11 nitrogen and oxygen atoms in total. The number of anilines is 1. The number of aliphatic carboxylic acids is 1. The lowest BCUT2D eigenvalue weighted by Gasteiger charge is -2.48. The third-order valence-corrected chi connectivity index (χ3v) is 7.30. The molecule has 2 fully saturated rings. The summed E-state index contributed by atoms with van der Waals surface area (Å²) in [6, 6.07) is -0.887. The number of amides is 3. The van der Waals surface area contributed by atoms with Crippen molar-refractivity contribution in [1.82, 2.24) is 15.2 Å². The van der Waals surface area contributed by atoms with E-state index >= 15 is 0 Å². The zero-order valence-corrected chi connectivity index (χ0v) is 18.5. The van der Waals surface area contributed by atoms with Gasteiger partial charge < -0.3 is 20.6 Å². The summed E-state index contributed by atoms with van der Waals surface area (Å²) in [5.74, 6) is -1.93. The number of β-lactam (4-membered cyclic amide) rings is 1. The number of thioether (sulfide) groups is 1. The molecule has 1 aromatic rings. The number of hydrogen-bond acceptors (Lipinski definition) is 9. The van der Waals surface area contributed by atoms with Gasteiger partial charge in [0, 0.05) is 11.1 Å². The Bertz CT molecular complexity index is 987. The van der Waals surface area contributed by atoms with Crippen LogP contribution in [0.15, 0.2) is 22.3 Å². The summed E-state index contributed by atoms with van der Waals surface area (Å²) >= 11 is 2.48. The number of oxime groups is 1. The minimum absolute atomic E-state index is 0.0807. The van der Waals surface area contributed by atoms with Gasteiger partial charge in [0.15, 0.2) is 10.8 Å². The molecular formula is C19H21N5O6S2. The molecule has 0 aromatic carbocycles. The largest absolute Gasteiger partial charge is 0.477 e. The number of rotatable bonds is 8. The van der Waals surface area contributed by atoms with Gasteiger partial charge in [-0.25, -0.2) is 9.78 Å². The summed E-state index contributed by atoms with van der Waals surface area (Å²) in [5.41, 5.74) is 0.0217. The summed E-state index contributed by atoms with van der Waals surface area (Å²) in [6.07, 6.45) is 6.71. The van der Waals surface area contributed by atoms with E-state index in [1.165, 1.54) is 22.7 Å². The minimum Gasteiger partial charge on any atom is -0.477 e. The van der Waals surface area contributed by atoms with Crippen LogP contribution in [0.1, 0.15) is 37.8 Å². The van der Waals surface area contributed by atoms with Crippen LogP contribution in [0.25, 0.3) is 0 Å². The minimum atomic E-state index is -1.19. The van der Waals surface area contributed by atoms with Crippen LogP contribution in [0.5, 0.6) is 0 Å².